The number of ether oxygens (including phenoxy) is 1. The molecule has 0 aliphatic rings. The fraction of sp³-hybridized carbons (Fsp3) is 1.00. The molecule has 2 atom stereocenters. The van der Waals surface area contributed by atoms with E-state index in [4.69, 9.17) is 9.84 Å². The number of hydrogen-bond donors (Lipinski definition) is 1. The monoisotopic (exact) mass is 118 g/mol. The summed E-state index contributed by atoms with van der Waals surface area (Å²) in [5.41, 5.74) is 0. The van der Waals surface area contributed by atoms with Gasteiger partial charge >= 0.3 is 0 Å². The van der Waals surface area contributed by atoms with Crippen molar-refractivity contribution in [1.82, 2.24) is 0 Å². The van der Waals surface area contributed by atoms with E-state index in [2.05, 4.69) is 0 Å². The zero-order chi connectivity index (χ0) is 6.57. The highest BCUT2D eigenvalue weighted by Gasteiger charge is 2.08. The first-order valence-corrected chi connectivity index (χ1v) is 2.93. The number of rotatable bonds is 3. The smallest absolute Gasteiger partial charge is 0.0801 e. The van der Waals surface area contributed by atoms with Crippen LogP contribution in [0.1, 0.15) is 20.3 Å². The van der Waals surface area contributed by atoms with Crippen molar-refractivity contribution in [2.75, 3.05) is 7.11 Å². The van der Waals surface area contributed by atoms with Crippen LogP contribution in [-0.2, 0) is 4.74 Å². The first kappa shape index (κ1) is 7.92. The molecular formula is C6H14O2. The van der Waals surface area contributed by atoms with E-state index in [0.29, 0.717) is 0 Å². The Morgan fingerprint density at radius 2 is 2.12 bits per heavy atom. The summed E-state index contributed by atoms with van der Waals surface area (Å²) in [4.78, 5) is 0. The number of hydrogen-bond acceptors (Lipinski definition) is 2. The molecule has 8 heavy (non-hydrogen) atoms. The third-order valence-electron chi connectivity index (χ3n) is 1.33. The van der Waals surface area contributed by atoms with Gasteiger partial charge in [-0.05, 0) is 13.3 Å². The van der Waals surface area contributed by atoms with E-state index in [1.165, 1.54) is 0 Å². The average Bonchev–Trinajstić information content (AvgIpc) is 1.84. The number of aliphatic hydroxyl groups is 1. The van der Waals surface area contributed by atoms with Crippen LogP contribution < -0.4 is 0 Å². The molecule has 2 heteroatoms. The van der Waals surface area contributed by atoms with Crippen molar-refractivity contribution in [3.63, 3.8) is 0 Å². The van der Waals surface area contributed by atoms with E-state index in [1.807, 2.05) is 13.8 Å². The van der Waals surface area contributed by atoms with Gasteiger partial charge in [-0.1, -0.05) is 6.92 Å². The molecule has 0 unspecified atom stereocenters. The van der Waals surface area contributed by atoms with Crippen LogP contribution in [0, 0.1) is 0 Å². The van der Waals surface area contributed by atoms with Crippen molar-refractivity contribution in [2.24, 2.45) is 0 Å². The second-order valence-electron chi connectivity index (χ2n) is 1.92. The van der Waals surface area contributed by atoms with E-state index in [-0.39, 0.29) is 12.2 Å². The van der Waals surface area contributed by atoms with Gasteiger partial charge in [0.05, 0.1) is 12.2 Å². The van der Waals surface area contributed by atoms with Gasteiger partial charge in [-0.3, -0.25) is 0 Å². The summed E-state index contributed by atoms with van der Waals surface area (Å²) in [7, 11) is 1.60. The van der Waals surface area contributed by atoms with Gasteiger partial charge in [0.2, 0.25) is 0 Å². The van der Waals surface area contributed by atoms with Crippen molar-refractivity contribution >= 4 is 0 Å². The van der Waals surface area contributed by atoms with Gasteiger partial charge in [-0.2, -0.15) is 0 Å². The molecule has 0 amide bonds. The Balaban J connectivity index is 3.29. The van der Waals surface area contributed by atoms with Gasteiger partial charge in [0.15, 0.2) is 0 Å². The predicted molar refractivity (Wildman–Crippen MR) is 32.8 cm³/mol. The molecule has 0 aliphatic heterocycles. The highest BCUT2D eigenvalue weighted by Crippen LogP contribution is 1.99. The van der Waals surface area contributed by atoms with Crippen molar-refractivity contribution in [2.45, 2.75) is 32.5 Å². The maximum Gasteiger partial charge on any atom is 0.0801 e. The van der Waals surface area contributed by atoms with Crippen LogP contribution in [0.25, 0.3) is 0 Å². The molecule has 0 aromatic rings. The lowest BCUT2D eigenvalue weighted by Gasteiger charge is -2.14. The van der Waals surface area contributed by atoms with E-state index in [9.17, 15) is 0 Å². The lowest BCUT2D eigenvalue weighted by atomic mass is 10.2. The molecule has 0 bridgehead atoms. The van der Waals surface area contributed by atoms with Crippen LogP contribution >= 0.6 is 0 Å². The molecule has 0 radical (unpaired) electrons. The highest BCUT2D eigenvalue weighted by atomic mass is 16.5. The molecule has 0 aliphatic carbocycles. The zero-order valence-electron chi connectivity index (χ0n) is 5.72. The fourth-order valence-electron chi connectivity index (χ4n) is 0.489. The average molecular weight is 118 g/mol. The molecular weight excluding hydrogens is 104 g/mol. The Kier molecular flexibility index (Phi) is 3.83. The van der Waals surface area contributed by atoms with E-state index in [0.717, 1.165) is 6.42 Å². The first-order chi connectivity index (χ1) is 3.72. The summed E-state index contributed by atoms with van der Waals surface area (Å²) >= 11 is 0. The van der Waals surface area contributed by atoms with Gasteiger partial charge in [0.1, 0.15) is 0 Å². The third kappa shape index (κ3) is 2.28. The van der Waals surface area contributed by atoms with Crippen molar-refractivity contribution in [1.29, 1.82) is 0 Å². The van der Waals surface area contributed by atoms with Crippen LogP contribution in [0.15, 0.2) is 0 Å². The normalized spacial score (nSPS) is 18.0. The minimum atomic E-state index is -0.306. The Morgan fingerprint density at radius 1 is 1.62 bits per heavy atom. The molecule has 0 saturated heterocycles. The number of methoxy groups -OCH3 is 1. The molecule has 0 aromatic carbocycles. The van der Waals surface area contributed by atoms with Gasteiger partial charge < -0.3 is 9.84 Å². The summed E-state index contributed by atoms with van der Waals surface area (Å²) < 4.78 is 4.85. The topological polar surface area (TPSA) is 29.5 Å². The van der Waals surface area contributed by atoms with E-state index >= 15 is 0 Å². The Morgan fingerprint density at radius 3 is 2.25 bits per heavy atom. The SMILES string of the molecule is CC[C@H](O)[C@@H](C)OC. The molecule has 50 valence electrons. The zero-order valence-corrected chi connectivity index (χ0v) is 5.72. The Labute approximate surface area is 50.5 Å². The predicted octanol–water partition coefficient (Wildman–Crippen LogP) is 0.792. The number of aliphatic hydroxyl groups excluding tert-OH is 1. The molecule has 0 aromatic heterocycles. The van der Waals surface area contributed by atoms with Gasteiger partial charge in [0, 0.05) is 7.11 Å². The van der Waals surface area contributed by atoms with Crippen molar-refractivity contribution < 1.29 is 9.84 Å². The lowest BCUT2D eigenvalue weighted by Crippen LogP contribution is -2.23. The lowest BCUT2D eigenvalue weighted by molar-refractivity contribution is -0.00166. The summed E-state index contributed by atoms with van der Waals surface area (Å²) in [5.74, 6) is 0. The van der Waals surface area contributed by atoms with E-state index < -0.39 is 0 Å². The largest absolute Gasteiger partial charge is 0.390 e. The third-order valence-corrected chi connectivity index (χ3v) is 1.33. The fourth-order valence-corrected chi connectivity index (χ4v) is 0.489. The first-order valence-electron chi connectivity index (χ1n) is 2.93. The Bertz CT molecular complexity index is 46.5. The van der Waals surface area contributed by atoms with Crippen LogP contribution in [-0.4, -0.2) is 24.4 Å². The maximum absolute atomic E-state index is 9.00. The molecule has 0 heterocycles. The summed E-state index contributed by atoms with van der Waals surface area (Å²) in [6, 6.07) is 0. The standard InChI is InChI=1S/C6H14O2/c1-4-6(7)5(2)8-3/h5-7H,4H2,1-3H3/t5-,6+/m1/s1. The van der Waals surface area contributed by atoms with Crippen LogP contribution in [0.4, 0.5) is 0 Å². The van der Waals surface area contributed by atoms with Gasteiger partial charge in [0.25, 0.3) is 0 Å². The van der Waals surface area contributed by atoms with Crippen molar-refractivity contribution in [3.05, 3.63) is 0 Å². The molecule has 0 fully saturated rings. The van der Waals surface area contributed by atoms with Crippen molar-refractivity contribution in [3.8, 4) is 0 Å². The van der Waals surface area contributed by atoms with Crippen LogP contribution in [0.2, 0.25) is 0 Å². The Hall–Kier alpha value is -0.0800. The molecule has 2 nitrogen and oxygen atoms in total. The van der Waals surface area contributed by atoms with Gasteiger partial charge in [-0.25, -0.2) is 0 Å². The molecule has 0 rings (SSSR count). The minimum absolute atomic E-state index is 0.0278. The summed E-state index contributed by atoms with van der Waals surface area (Å²) in [6.07, 6.45) is 0.426. The second kappa shape index (κ2) is 3.87. The molecule has 0 saturated carbocycles. The summed E-state index contributed by atoms with van der Waals surface area (Å²) in [6.45, 7) is 3.79. The minimum Gasteiger partial charge on any atom is -0.390 e. The second-order valence-corrected chi connectivity index (χ2v) is 1.92. The van der Waals surface area contributed by atoms with E-state index in [1.54, 1.807) is 7.11 Å². The van der Waals surface area contributed by atoms with Gasteiger partial charge in [-0.15, -0.1) is 0 Å². The molecule has 0 spiro atoms. The maximum atomic E-state index is 9.00. The highest BCUT2D eigenvalue weighted by molar-refractivity contribution is 4.59. The quantitative estimate of drug-likeness (QED) is 0.593. The summed E-state index contributed by atoms with van der Waals surface area (Å²) in [5, 5.41) is 9.00. The van der Waals surface area contributed by atoms with Crippen LogP contribution in [0.5, 0.6) is 0 Å². The van der Waals surface area contributed by atoms with Crippen LogP contribution in [0.3, 0.4) is 0 Å². The molecule has 1 N–H and O–H groups in total.